The van der Waals surface area contributed by atoms with Crippen LogP contribution in [0.4, 0.5) is 9.93 Å². The lowest BCUT2D eigenvalue weighted by molar-refractivity contribution is 0.0994. The number of aromatic nitrogens is 1. The summed E-state index contributed by atoms with van der Waals surface area (Å²) in [6, 6.07) is 6.95. The van der Waals surface area contributed by atoms with Gasteiger partial charge < -0.3 is 10.2 Å². The van der Waals surface area contributed by atoms with Crippen molar-refractivity contribution < 1.29 is 14.0 Å². The van der Waals surface area contributed by atoms with E-state index in [4.69, 9.17) is 10.2 Å². The minimum atomic E-state index is -0.732. The van der Waals surface area contributed by atoms with Crippen LogP contribution in [0.25, 0.3) is 10.2 Å². The van der Waals surface area contributed by atoms with Crippen molar-refractivity contribution in [2.75, 3.05) is 5.32 Å². The number of aryl methyl sites for hydroxylation is 1. The molecule has 1 aliphatic carbocycles. The SMILES string of the molecule is Cc1c(C(=O)Nc2nc3ccccc3s2)oc2c1/C(=N/NC(N)=O)CCC2. The van der Waals surface area contributed by atoms with Gasteiger partial charge in [0.25, 0.3) is 5.91 Å². The fourth-order valence-corrected chi connectivity index (χ4v) is 4.06. The van der Waals surface area contributed by atoms with Gasteiger partial charge in [0.05, 0.1) is 15.9 Å². The molecular weight excluding hydrogens is 366 g/mol. The van der Waals surface area contributed by atoms with E-state index >= 15 is 0 Å². The molecule has 0 saturated heterocycles. The van der Waals surface area contributed by atoms with Gasteiger partial charge in [0, 0.05) is 17.5 Å². The predicted octanol–water partition coefficient (Wildman–Crippen LogP) is 3.16. The van der Waals surface area contributed by atoms with E-state index in [1.165, 1.54) is 11.3 Å². The van der Waals surface area contributed by atoms with Crippen LogP contribution in [0.1, 0.15) is 40.3 Å². The summed E-state index contributed by atoms with van der Waals surface area (Å²) in [7, 11) is 0. The first-order valence-electron chi connectivity index (χ1n) is 8.44. The van der Waals surface area contributed by atoms with Crippen molar-refractivity contribution in [3.8, 4) is 0 Å². The fraction of sp³-hybridized carbons (Fsp3) is 0.222. The highest BCUT2D eigenvalue weighted by molar-refractivity contribution is 7.22. The molecule has 1 aliphatic rings. The number of primary amides is 1. The number of fused-ring (bicyclic) bond motifs is 2. The Morgan fingerprint density at radius 2 is 2.11 bits per heavy atom. The molecule has 0 atom stereocenters. The summed E-state index contributed by atoms with van der Waals surface area (Å²) in [5, 5.41) is 7.38. The molecule has 8 nitrogen and oxygen atoms in total. The molecule has 0 fully saturated rings. The van der Waals surface area contributed by atoms with Crippen LogP contribution in [0, 0.1) is 6.92 Å². The molecular formula is C18H17N5O3S. The number of carbonyl (C=O) groups is 2. The molecule has 3 amide bonds. The summed E-state index contributed by atoms with van der Waals surface area (Å²) < 4.78 is 6.82. The van der Waals surface area contributed by atoms with E-state index in [1.54, 1.807) is 6.92 Å². The Bertz CT molecular complexity index is 1050. The number of nitrogens with two attached hydrogens (primary N) is 1. The molecule has 2 heterocycles. The molecule has 9 heteroatoms. The van der Waals surface area contributed by atoms with Gasteiger partial charge >= 0.3 is 6.03 Å². The van der Waals surface area contributed by atoms with Crippen molar-refractivity contribution in [2.24, 2.45) is 10.8 Å². The Morgan fingerprint density at radius 1 is 1.30 bits per heavy atom. The monoisotopic (exact) mass is 383 g/mol. The van der Waals surface area contributed by atoms with Crippen molar-refractivity contribution in [3.63, 3.8) is 0 Å². The van der Waals surface area contributed by atoms with Crippen LogP contribution in [0.2, 0.25) is 0 Å². The van der Waals surface area contributed by atoms with Gasteiger partial charge in [0.1, 0.15) is 5.76 Å². The van der Waals surface area contributed by atoms with Gasteiger partial charge in [0.15, 0.2) is 10.9 Å². The van der Waals surface area contributed by atoms with E-state index in [0.717, 1.165) is 22.2 Å². The number of amides is 3. The number of para-hydroxylation sites is 1. The standard InChI is InChI=1S/C18H17N5O3S/c1-9-14-11(22-23-17(19)25)6-4-7-12(14)26-15(9)16(24)21-18-20-10-5-2-3-8-13(10)27-18/h2-3,5,8H,4,6-7H2,1H3,(H3,19,23,25)(H,20,21,24)/b22-11+. The van der Waals surface area contributed by atoms with Gasteiger partial charge in [0.2, 0.25) is 0 Å². The topological polar surface area (TPSA) is 123 Å². The van der Waals surface area contributed by atoms with Gasteiger partial charge in [-0.25, -0.2) is 15.2 Å². The third-order valence-corrected chi connectivity index (χ3v) is 5.30. The van der Waals surface area contributed by atoms with E-state index < -0.39 is 6.03 Å². The molecule has 1 aromatic carbocycles. The van der Waals surface area contributed by atoms with Crippen LogP contribution in [0.15, 0.2) is 33.8 Å². The molecule has 0 unspecified atom stereocenters. The van der Waals surface area contributed by atoms with Gasteiger partial charge in [-0.2, -0.15) is 5.10 Å². The zero-order valence-electron chi connectivity index (χ0n) is 14.5. The molecule has 3 aromatic rings. The van der Waals surface area contributed by atoms with Crippen LogP contribution in [0.5, 0.6) is 0 Å². The summed E-state index contributed by atoms with van der Waals surface area (Å²) in [6.45, 7) is 1.81. The summed E-state index contributed by atoms with van der Waals surface area (Å²) >= 11 is 1.40. The highest BCUT2D eigenvalue weighted by atomic mass is 32.1. The maximum atomic E-state index is 12.7. The van der Waals surface area contributed by atoms with Crippen molar-refractivity contribution in [1.82, 2.24) is 10.4 Å². The number of nitrogens with zero attached hydrogens (tertiary/aromatic N) is 2. The highest BCUT2D eigenvalue weighted by Gasteiger charge is 2.28. The second-order valence-electron chi connectivity index (χ2n) is 6.18. The number of hydrogen-bond acceptors (Lipinski definition) is 6. The maximum Gasteiger partial charge on any atom is 0.332 e. The van der Waals surface area contributed by atoms with Crippen LogP contribution < -0.4 is 16.5 Å². The van der Waals surface area contributed by atoms with Crippen LogP contribution in [-0.2, 0) is 6.42 Å². The van der Waals surface area contributed by atoms with Crippen molar-refractivity contribution >= 4 is 44.3 Å². The molecule has 0 radical (unpaired) electrons. The number of thiazole rings is 1. The molecule has 2 aromatic heterocycles. The Morgan fingerprint density at radius 3 is 2.89 bits per heavy atom. The Hall–Kier alpha value is -3.20. The van der Waals surface area contributed by atoms with E-state index in [2.05, 4.69) is 20.8 Å². The van der Waals surface area contributed by atoms with E-state index in [9.17, 15) is 9.59 Å². The number of hydrazone groups is 1. The number of nitrogens with one attached hydrogen (secondary N) is 2. The lowest BCUT2D eigenvalue weighted by Crippen LogP contribution is -2.27. The molecule has 138 valence electrons. The van der Waals surface area contributed by atoms with E-state index in [1.807, 2.05) is 24.3 Å². The third-order valence-electron chi connectivity index (χ3n) is 4.35. The summed E-state index contributed by atoms with van der Waals surface area (Å²) in [4.78, 5) is 28.1. The fourth-order valence-electron chi connectivity index (χ4n) is 3.20. The Balaban J connectivity index is 1.63. The molecule has 0 aliphatic heterocycles. The first-order valence-corrected chi connectivity index (χ1v) is 9.26. The zero-order valence-corrected chi connectivity index (χ0v) is 15.4. The summed E-state index contributed by atoms with van der Waals surface area (Å²) in [5.74, 6) is 0.564. The molecule has 0 saturated carbocycles. The highest BCUT2D eigenvalue weighted by Crippen LogP contribution is 2.31. The van der Waals surface area contributed by atoms with Gasteiger partial charge in [-0.05, 0) is 31.9 Å². The quantitative estimate of drug-likeness (QED) is 0.601. The minimum absolute atomic E-state index is 0.230. The van der Waals surface area contributed by atoms with Crippen molar-refractivity contribution in [1.29, 1.82) is 0 Å². The first kappa shape index (κ1) is 17.2. The number of carbonyl (C=O) groups excluding carboxylic acids is 2. The molecule has 0 spiro atoms. The summed E-state index contributed by atoms with van der Waals surface area (Å²) in [5.41, 5.74) is 10.3. The van der Waals surface area contributed by atoms with Gasteiger partial charge in [-0.15, -0.1) is 0 Å². The Labute approximate surface area is 158 Å². The molecule has 27 heavy (non-hydrogen) atoms. The lowest BCUT2D eigenvalue weighted by atomic mass is 9.93. The largest absolute Gasteiger partial charge is 0.455 e. The second-order valence-corrected chi connectivity index (χ2v) is 7.21. The minimum Gasteiger partial charge on any atom is -0.455 e. The lowest BCUT2D eigenvalue weighted by Gasteiger charge is -2.13. The number of benzene rings is 1. The number of furan rings is 1. The second kappa shape index (κ2) is 6.84. The first-order chi connectivity index (χ1) is 13.0. The van der Waals surface area contributed by atoms with E-state index in [-0.39, 0.29) is 11.7 Å². The average Bonchev–Trinajstić information content (AvgIpc) is 3.20. The van der Waals surface area contributed by atoms with E-state index in [0.29, 0.717) is 35.0 Å². The maximum absolute atomic E-state index is 12.7. The normalized spacial score (nSPS) is 14.9. The third kappa shape index (κ3) is 3.28. The van der Waals surface area contributed by atoms with Crippen molar-refractivity contribution in [2.45, 2.75) is 26.2 Å². The molecule has 4 N–H and O–H groups in total. The van der Waals surface area contributed by atoms with Crippen LogP contribution in [0.3, 0.4) is 0 Å². The molecule has 4 rings (SSSR count). The number of rotatable bonds is 3. The Kier molecular flexibility index (Phi) is 4.36. The summed E-state index contributed by atoms with van der Waals surface area (Å²) in [6.07, 6.45) is 2.20. The van der Waals surface area contributed by atoms with Crippen LogP contribution in [-0.4, -0.2) is 22.6 Å². The predicted molar refractivity (Wildman–Crippen MR) is 103 cm³/mol. The molecule has 0 bridgehead atoms. The number of urea groups is 1. The average molecular weight is 383 g/mol. The van der Waals surface area contributed by atoms with Gasteiger partial charge in [-0.3, -0.25) is 10.1 Å². The zero-order chi connectivity index (χ0) is 19.0. The number of anilines is 1. The van der Waals surface area contributed by atoms with Crippen molar-refractivity contribution in [3.05, 3.63) is 46.9 Å². The van der Waals surface area contributed by atoms with Crippen LogP contribution >= 0.6 is 11.3 Å². The number of hydrogen-bond donors (Lipinski definition) is 3. The van der Waals surface area contributed by atoms with Gasteiger partial charge in [-0.1, -0.05) is 23.5 Å². The smallest absolute Gasteiger partial charge is 0.332 e.